The Morgan fingerprint density at radius 1 is 1.08 bits per heavy atom. The van der Waals surface area contributed by atoms with Gasteiger partial charge in [0.25, 0.3) is 0 Å². The molecule has 1 fully saturated rings. The maximum Gasteiger partial charge on any atom is 0.224 e. The molecule has 12 heteroatoms. The molecule has 0 radical (unpaired) electrons. The Kier molecular flexibility index (Phi) is 6.12. The monoisotopic (exact) mass is 524 g/mol. The summed E-state index contributed by atoms with van der Waals surface area (Å²) in [6.07, 6.45) is 4.61. The summed E-state index contributed by atoms with van der Waals surface area (Å²) in [4.78, 5) is 26.5. The molecule has 0 amide bonds. The Balaban J connectivity index is 1.32. The van der Waals surface area contributed by atoms with E-state index in [-0.39, 0.29) is 0 Å². The average Bonchev–Trinajstić information content (AvgIpc) is 3.34. The van der Waals surface area contributed by atoms with E-state index >= 15 is 0 Å². The van der Waals surface area contributed by atoms with Crippen LogP contribution in [0.15, 0.2) is 60.4 Å². The molecule has 1 N–H and O–H groups in total. The van der Waals surface area contributed by atoms with Crippen LogP contribution >= 0.6 is 12.2 Å². The van der Waals surface area contributed by atoms with E-state index in [1.807, 2.05) is 37.3 Å². The summed E-state index contributed by atoms with van der Waals surface area (Å²) in [5.74, 6) is 1.82. The Morgan fingerprint density at radius 3 is 2.74 bits per heavy atom. The predicted molar refractivity (Wildman–Crippen MR) is 149 cm³/mol. The quantitative estimate of drug-likeness (QED) is 0.243. The van der Waals surface area contributed by atoms with Crippen LogP contribution in [0.4, 0.5) is 22.9 Å². The standard InChI is InChI=1S/C26H24N10OS/c1-16-8-17(4-7-21(16)37-23-9-22-28-13-32-36(22)14-30-23)33-26-24-19(27-12-29-26)5-6-20(31-15-38)25(24)35-10-18(11-35)34(2)3/h4-9,12-14,18H,10-11H2,1-3H3,(H,27,29,33). The molecule has 0 bridgehead atoms. The van der Waals surface area contributed by atoms with Crippen molar-refractivity contribution < 1.29 is 4.74 Å². The lowest BCUT2D eigenvalue weighted by atomic mass is 10.0. The number of nitrogens with zero attached hydrogens (tertiary/aromatic N) is 9. The molecule has 3 aromatic heterocycles. The van der Waals surface area contributed by atoms with Gasteiger partial charge in [-0.05, 0) is 69.1 Å². The van der Waals surface area contributed by atoms with E-state index in [1.165, 1.54) is 6.33 Å². The molecule has 0 aliphatic carbocycles. The molecule has 0 spiro atoms. The van der Waals surface area contributed by atoms with Gasteiger partial charge in [-0.25, -0.2) is 24.5 Å². The normalized spacial score (nSPS) is 13.5. The minimum atomic E-state index is 0.443. The number of benzene rings is 2. The second-order valence-electron chi connectivity index (χ2n) is 9.27. The number of isothiocyanates is 1. The zero-order valence-electron chi connectivity index (χ0n) is 21.0. The predicted octanol–water partition coefficient (Wildman–Crippen LogP) is 4.40. The van der Waals surface area contributed by atoms with Crippen LogP contribution in [-0.4, -0.2) is 72.8 Å². The molecule has 0 unspecified atom stereocenters. The first kappa shape index (κ1) is 23.9. The first-order valence-corrected chi connectivity index (χ1v) is 12.4. The van der Waals surface area contributed by atoms with Crippen LogP contribution in [0.3, 0.4) is 0 Å². The van der Waals surface area contributed by atoms with Crippen molar-refractivity contribution in [3.05, 3.63) is 60.9 Å². The van der Waals surface area contributed by atoms with Crippen molar-refractivity contribution >= 4 is 56.8 Å². The van der Waals surface area contributed by atoms with Crippen LogP contribution in [0.25, 0.3) is 16.6 Å². The summed E-state index contributed by atoms with van der Waals surface area (Å²) in [6, 6.07) is 11.9. The van der Waals surface area contributed by atoms with Crippen molar-refractivity contribution in [2.24, 2.45) is 4.99 Å². The average molecular weight is 525 g/mol. The lowest BCUT2D eigenvalue weighted by Crippen LogP contribution is -2.57. The number of aromatic nitrogens is 6. The molecule has 1 aliphatic heterocycles. The number of hydrogen-bond acceptors (Lipinski definition) is 11. The van der Waals surface area contributed by atoms with Crippen LogP contribution in [0.2, 0.25) is 0 Å². The molecule has 1 aliphatic rings. The molecule has 4 heterocycles. The van der Waals surface area contributed by atoms with E-state index in [9.17, 15) is 0 Å². The second kappa shape index (κ2) is 9.75. The smallest absolute Gasteiger partial charge is 0.224 e. The fraction of sp³-hybridized carbons (Fsp3) is 0.231. The summed E-state index contributed by atoms with van der Waals surface area (Å²) in [7, 11) is 4.19. The molecule has 5 aromatic rings. The minimum Gasteiger partial charge on any atom is -0.439 e. The van der Waals surface area contributed by atoms with Crippen molar-refractivity contribution in [3.63, 3.8) is 0 Å². The molecule has 1 saturated heterocycles. The third kappa shape index (κ3) is 4.41. The van der Waals surface area contributed by atoms with Gasteiger partial charge >= 0.3 is 0 Å². The third-order valence-corrected chi connectivity index (χ3v) is 6.72. The number of thiocarbonyl (C=S) groups is 1. The van der Waals surface area contributed by atoms with Gasteiger partial charge in [-0.1, -0.05) is 0 Å². The summed E-state index contributed by atoms with van der Waals surface area (Å²) in [5.41, 5.74) is 4.97. The number of fused-ring (bicyclic) bond motifs is 2. The van der Waals surface area contributed by atoms with Crippen molar-refractivity contribution in [2.75, 3.05) is 37.4 Å². The van der Waals surface area contributed by atoms with Crippen LogP contribution in [0, 0.1) is 6.92 Å². The van der Waals surface area contributed by atoms with Gasteiger partial charge in [-0.15, -0.1) is 0 Å². The summed E-state index contributed by atoms with van der Waals surface area (Å²) in [5, 5.41) is 10.9. The first-order chi connectivity index (χ1) is 18.5. The molecule has 190 valence electrons. The van der Waals surface area contributed by atoms with E-state index in [0.29, 0.717) is 29.1 Å². The molecule has 0 saturated carbocycles. The topological polar surface area (TPSA) is 109 Å². The molecule has 2 aromatic carbocycles. The maximum absolute atomic E-state index is 6.02. The SMILES string of the molecule is Cc1cc(Nc2ncnc3ccc(N=C=S)c(N4CC(N(C)C)C4)c23)ccc1Oc1cc2ncnn2cn1. The van der Waals surface area contributed by atoms with Gasteiger partial charge in [0.1, 0.15) is 30.5 Å². The van der Waals surface area contributed by atoms with Gasteiger partial charge in [-0.2, -0.15) is 10.1 Å². The number of anilines is 3. The molecular weight excluding hydrogens is 500 g/mol. The zero-order chi connectivity index (χ0) is 26.2. The van der Waals surface area contributed by atoms with Crippen LogP contribution in [0.1, 0.15) is 5.56 Å². The second-order valence-corrected chi connectivity index (χ2v) is 9.46. The Hall–Kier alpha value is -4.51. The van der Waals surface area contributed by atoms with Crippen molar-refractivity contribution in [2.45, 2.75) is 13.0 Å². The number of aliphatic imine (C=N–C) groups is 1. The van der Waals surface area contributed by atoms with Crippen LogP contribution in [-0.2, 0) is 0 Å². The highest BCUT2D eigenvalue weighted by molar-refractivity contribution is 7.78. The van der Waals surface area contributed by atoms with Crippen LogP contribution < -0.4 is 15.0 Å². The fourth-order valence-corrected chi connectivity index (χ4v) is 4.60. The van der Waals surface area contributed by atoms with E-state index in [2.05, 4.69) is 64.4 Å². The molecule has 6 rings (SSSR count). The van der Waals surface area contributed by atoms with Gasteiger partial charge < -0.3 is 19.9 Å². The number of likely N-dealkylation sites (N-methyl/N-ethyl adjacent to an activating group) is 1. The first-order valence-electron chi connectivity index (χ1n) is 12.0. The highest BCUT2D eigenvalue weighted by atomic mass is 32.1. The Labute approximate surface area is 223 Å². The van der Waals surface area contributed by atoms with Crippen molar-refractivity contribution in [3.8, 4) is 11.6 Å². The highest BCUT2D eigenvalue weighted by Gasteiger charge is 2.32. The lowest BCUT2D eigenvalue weighted by Gasteiger charge is -2.45. The van der Waals surface area contributed by atoms with Crippen LogP contribution in [0.5, 0.6) is 11.6 Å². The van der Waals surface area contributed by atoms with Crippen molar-refractivity contribution in [1.29, 1.82) is 0 Å². The largest absolute Gasteiger partial charge is 0.439 e. The number of ether oxygens (including phenoxy) is 1. The lowest BCUT2D eigenvalue weighted by molar-refractivity contribution is 0.247. The zero-order valence-corrected chi connectivity index (χ0v) is 21.8. The Morgan fingerprint density at radius 2 is 1.95 bits per heavy atom. The molecule has 0 atom stereocenters. The van der Waals surface area contributed by atoms with E-state index in [1.54, 1.807) is 23.2 Å². The maximum atomic E-state index is 6.02. The number of hydrogen-bond donors (Lipinski definition) is 1. The fourth-order valence-electron chi connectivity index (χ4n) is 4.50. The van der Waals surface area contributed by atoms with Gasteiger partial charge in [0.05, 0.1) is 27.4 Å². The van der Waals surface area contributed by atoms with E-state index in [4.69, 9.17) is 17.0 Å². The molecular formula is C26H24N10OS. The molecule has 38 heavy (non-hydrogen) atoms. The van der Waals surface area contributed by atoms with Gasteiger partial charge in [0.2, 0.25) is 5.88 Å². The third-order valence-electron chi connectivity index (χ3n) is 6.63. The molecule has 11 nitrogen and oxygen atoms in total. The number of rotatable bonds is 7. The summed E-state index contributed by atoms with van der Waals surface area (Å²) < 4.78 is 7.60. The van der Waals surface area contributed by atoms with E-state index in [0.717, 1.165) is 46.6 Å². The summed E-state index contributed by atoms with van der Waals surface area (Å²) >= 11 is 4.94. The minimum absolute atomic E-state index is 0.443. The van der Waals surface area contributed by atoms with E-state index < -0.39 is 0 Å². The van der Waals surface area contributed by atoms with Gasteiger partial charge in [-0.3, -0.25) is 0 Å². The number of aryl methyl sites for hydroxylation is 1. The van der Waals surface area contributed by atoms with Gasteiger partial charge in [0, 0.05) is 30.9 Å². The van der Waals surface area contributed by atoms with Gasteiger partial charge in [0.15, 0.2) is 5.65 Å². The highest BCUT2D eigenvalue weighted by Crippen LogP contribution is 2.42. The number of nitrogens with one attached hydrogen (secondary N) is 1. The van der Waals surface area contributed by atoms with Crippen molar-refractivity contribution in [1.82, 2.24) is 34.4 Å². The Bertz CT molecular complexity index is 1710. The summed E-state index contributed by atoms with van der Waals surface area (Å²) in [6.45, 7) is 3.73.